The molecule has 1 atom stereocenters. The zero-order valence-corrected chi connectivity index (χ0v) is 19.8. The fourth-order valence-electron chi connectivity index (χ4n) is 4.02. The molecule has 7 nitrogen and oxygen atoms in total. The van der Waals surface area contributed by atoms with Crippen LogP contribution in [0.2, 0.25) is 0 Å². The van der Waals surface area contributed by atoms with Crippen molar-refractivity contribution in [3.8, 4) is 0 Å². The number of rotatable bonds is 7. The molecule has 0 aliphatic carbocycles. The highest BCUT2D eigenvalue weighted by molar-refractivity contribution is 7.89. The summed E-state index contributed by atoms with van der Waals surface area (Å²) in [6.45, 7) is 4.14. The van der Waals surface area contributed by atoms with Crippen LogP contribution in [-0.4, -0.2) is 43.7 Å². The van der Waals surface area contributed by atoms with Crippen molar-refractivity contribution in [2.24, 2.45) is 0 Å². The van der Waals surface area contributed by atoms with Crippen LogP contribution in [0.5, 0.6) is 0 Å². The van der Waals surface area contributed by atoms with Gasteiger partial charge in [0.15, 0.2) is 0 Å². The van der Waals surface area contributed by atoms with Gasteiger partial charge in [0.25, 0.3) is 0 Å². The summed E-state index contributed by atoms with van der Waals surface area (Å²) in [5, 5.41) is 4.94. The number of nitrogens with zero attached hydrogens (tertiary/aromatic N) is 1. The van der Waals surface area contributed by atoms with Crippen LogP contribution in [0.3, 0.4) is 0 Å². The van der Waals surface area contributed by atoms with Crippen LogP contribution < -0.4 is 10.6 Å². The largest absolute Gasteiger partial charge is 0.348 e. The van der Waals surface area contributed by atoms with Gasteiger partial charge in [-0.15, -0.1) is 0 Å². The third kappa shape index (κ3) is 6.17. The second kappa shape index (κ2) is 10.9. The number of benzene rings is 2. The maximum atomic E-state index is 13.6. The lowest BCUT2D eigenvalue weighted by Gasteiger charge is -2.35. The quantitative estimate of drug-likeness (QED) is 0.602. The summed E-state index contributed by atoms with van der Waals surface area (Å²) < 4.78 is 41.9. The predicted octanol–water partition coefficient (Wildman–Crippen LogP) is 2.81. The van der Waals surface area contributed by atoms with Crippen molar-refractivity contribution in [1.82, 2.24) is 14.9 Å². The Labute approximate surface area is 194 Å². The van der Waals surface area contributed by atoms with Crippen LogP contribution in [0.25, 0.3) is 0 Å². The van der Waals surface area contributed by atoms with Gasteiger partial charge >= 0.3 is 11.8 Å². The van der Waals surface area contributed by atoms with Crippen LogP contribution in [0.1, 0.15) is 42.4 Å². The molecule has 1 fully saturated rings. The first-order valence-electron chi connectivity index (χ1n) is 11.1. The molecule has 0 aromatic heterocycles. The summed E-state index contributed by atoms with van der Waals surface area (Å²) in [7, 11) is -3.67. The van der Waals surface area contributed by atoms with Gasteiger partial charge in [0.05, 0.1) is 4.90 Å². The minimum absolute atomic E-state index is 0.0938. The highest BCUT2D eigenvalue weighted by atomic mass is 32.2. The normalized spacial score (nSPS) is 16.9. The number of aryl methyl sites for hydroxylation is 2. The fraction of sp³-hybridized carbons (Fsp3) is 0.417. The van der Waals surface area contributed by atoms with E-state index in [1.807, 2.05) is 13.0 Å². The van der Waals surface area contributed by atoms with Crippen molar-refractivity contribution in [3.05, 3.63) is 65.0 Å². The van der Waals surface area contributed by atoms with E-state index in [1.54, 1.807) is 31.2 Å². The summed E-state index contributed by atoms with van der Waals surface area (Å²) in [6.07, 6.45) is 2.78. The van der Waals surface area contributed by atoms with E-state index >= 15 is 0 Å². The monoisotopic (exact) mass is 475 g/mol. The van der Waals surface area contributed by atoms with Crippen LogP contribution >= 0.6 is 0 Å². The molecule has 2 amide bonds. The smallest absolute Gasteiger partial charge is 0.309 e. The van der Waals surface area contributed by atoms with Gasteiger partial charge in [0, 0.05) is 31.2 Å². The van der Waals surface area contributed by atoms with Crippen LogP contribution in [-0.2, 0) is 26.2 Å². The van der Waals surface area contributed by atoms with Gasteiger partial charge in [0.1, 0.15) is 5.82 Å². The average Bonchev–Trinajstić information content (AvgIpc) is 2.80. The first kappa shape index (κ1) is 24.9. The molecule has 1 unspecified atom stereocenters. The highest BCUT2D eigenvalue weighted by Crippen LogP contribution is 2.29. The summed E-state index contributed by atoms with van der Waals surface area (Å²) >= 11 is 0. The van der Waals surface area contributed by atoms with Gasteiger partial charge in [-0.25, -0.2) is 12.8 Å². The fourth-order valence-corrected chi connectivity index (χ4v) is 6.06. The Morgan fingerprint density at radius 1 is 1.06 bits per heavy atom. The van der Waals surface area contributed by atoms with E-state index in [0.717, 1.165) is 18.4 Å². The minimum atomic E-state index is -3.67. The van der Waals surface area contributed by atoms with Crippen LogP contribution in [0.15, 0.2) is 47.4 Å². The number of halogens is 1. The molecular formula is C24H30FN3O4S. The number of hydrogen-bond donors (Lipinski definition) is 2. The molecule has 0 saturated carbocycles. The van der Waals surface area contributed by atoms with Gasteiger partial charge in [0.2, 0.25) is 10.0 Å². The number of piperidine rings is 1. The first-order chi connectivity index (χ1) is 15.7. The van der Waals surface area contributed by atoms with Crippen molar-refractivity contribution in [2.75, 3.05) is 13.1 Å². The Morgan fingerprint density at radius 2 is 1.79 bits per heavy atom. The van der Waals surface area contributed by atoms with Crippen LogP contribution in [0, 0.1) is 19.7 Å². The zero-order chi connectivity index (χ0) is 24.0. The number of nitrogens with one attached hydrogen (secondary N) is 2. The molecule has 0 bridgehead atoms. The molecule has 1 aliphatic heterocycles. The number of carbonyl (C=O) groups excluding carboxylic acids is 2. The SMILES string of the molecule is Cc1ccc(C)c(S(=O)(=O)N2CCCCC2CCNC(=O)C(=O)NCc2ccccc2F)c1. The summed E-state index contributed by atoms with van der Waals surface area (Å²) in [5.74, 6) is -2.14. The van der Waals surface area contributed by atoms with E-state index in [1.165, 1.54) is 16.4 Å². The van der Waals surface area contributed by atoms with E-state index in [0.29, 0.717) is 29.8 Å². The second-order valence-electron chi connectivity index (χ2n) is 8.35. The average molecular weight is 476 g/mol. The van der Waals surface area contributed by atoms with Gasteiger partial charge in [-0.3, -0.25) is 9.59 Å². The molecule has 2 aromatic rings. The second-order valence-corrected chi connectivity index (χ2v) is 10.2. The number of amides is 2. The molecule has 2 N–H and O–H groups in total. The zero-order valence-electron chi connectivity index (χ0n) is 18.9. The molecule has 0 radical (unpaired) electrons. The maximum absolute atomic E-state index is 13.6. The van der Waals surface area contributed by atoms with Crippen molar-refractivity contribution >= 4 is 21.8 Å². The Hall–Kier alpha value is -2.78. The van der Waals surface area contributed by atoms with Crippen molar-refractivity contribution < 1.29 is 22.4 Å². The van der Waals surface area contributed by atoms with Gasteiger partial charge in [-0.05, 0) is 56.4 Å². The van der Waals surface area contributed by atoms with E-state index in [2.05, 4.69) is 10.6 Å². The lowest BCUT2D eigenvalue weighted by Crippen LogP contribution is -2.46. The predicted molar refractivity (Wildman–Crippen MR) is 123 cm³/mol. The first-order valence-corrected chi connectivity index (χ1v) is 12.5. The van der Waals surface area contributed by atoms with Gasteiger partial charge in [-0.2, -0.15) is 4.31 Å². The maximum Gasteiger partial charge on any atom is 0.309 e. The Kier molecular flexibility index (Phi) is 8.20. The lowest BCUT2D eigenvalue weighted by atomic mass is 10.0. The van der Waals surface area contributed by atoms with Crippen LogP contribution in [0.4, 0.5) is 4.39 Å². The summed E-state index contributed by atoms with van der Waals surface area (Å²) in [5.41, 5.74) is 1.86. The molecule has 178 valence electrons. The van der Waals surface area contributed by atoms with E-state index < -0.39 is 27.7 Å². The third-order valence-corrected chi connectivity index (χ3v) is 7.96. The molecule has 0 spiro atoms. The van der Waals surface area contributed by atoms with Gasteiger partial charge < -0.3 is 10.6 Å². The minimum Gasteiger partial charge on any atom is -0.348 e. The lowest BCUT2D eigenvalue weighted by molar-refractivity contribution is -0.139. The van der Waals surface area contributed by atoms with E-state index in [4.69, 9.17) is 0 Å². The molecule has 1 heterocycles. The number of hydrogen-bond acceptors (Lipinski definition) is 4. The third-order valence-electron chi connectivity index (χ3n) is 5.87. The van der Waals surface area contributed by atoms with E-state index in [-0.39, 0.29) is 24.7 Å². The van der Waals surface area contributed by atoms with Crippen molar-refractivity contribution in [2.45, 2.75) is 57.0 Å². The van der Waals surface area contributed by atoms with Gasteiger partial charge in [-0.1, -0.05) is 36.8 Å². The molecule has 9 heteroatoms. The van der Waals surface area contributed by atoms with E-state index in [9.17, 15) is 22.4 Å². The molecule has 2 aromatic carbocycles. The Morgan fingerprint density at radius 3 is 2.55 bits per heavy atom. The number of carbonyl (C=O) groups is 2. The Bertz CT molecular complexity index is 1120. The Balaban J connectivity index is 1.57. The van der Waals surface area contributed by atoms with Crippen molar-refractivity contribution in [3.63, 3.8) is 0 Å². The molecule has 1 saturated heterocycles. The molecular weight excluding hydrogens is 445 g/mol. The standard InChI is InChI=1S/C24H30FN3O4S/c1-17-10-11-18(2)22(15-17)33(31,32)28-14-6-5-8-20(28)12-13-26-23(29)24(30)27-16-19-7-3-4-9-21(19)25/h3-4,7,9-11,15,20H,5-6,8,12-14,16H2,1-2H3,(H,26,29)(H,27,30). The summed E-state index contributed by atoms with van der Waals surface area (Å²) in [4.78, 5) is 24.5. The van der Waals surface area contributed by atoms with Crippen molar-refractivity contribution in [1.29, 1.82) is 0 Å². The molecule has 33 heavy (non-hydrogen) atoms. The highest BCUT2D eigenvalue weighted by Gasteiger charge is 2.34. The molecule has 1 aliphatic rings. The molecule has 3 rings (SSSR count). The topological polar surface area (TPSA) is 95.6 Å². The number of sulfonamides is 1. The summed E-state index contributed by atoms with van der Waals surface area (Å²) in [6, 6.07) is 11.1.